The number of hydrogen-bond donors (Lipinski definition) is 1. The highest BCUT2D eigenvalue weighted by molar-refractivity contribution is 5.98. The molecule has 0 bridgehead atoms. The third-order valence-electron chi connectivity index (χ3n) is 4.37. The van der Waals surface area contributed by atoms with E-state index in [0.717, 1.165) is 23.9 Å². The zero-order valence-corrected chi connectivity index (χ0v) is 12.5. The second-order valence-electron chi connectivity index (χ2n) is 5.73. The van der Waals surface area contributed by atoms with Crippen molar-refractivity contribution in [3.63, 3.8) is 0 Å². The first-order chi connectivity index (χ1) is 11.3. The minimum absolute atomic E-state index is 0.00564. The summed E-state index contributed by atoms with van der Waals surface area (Å²) >= 11 is 0. The fourth-order valence-corrected chi connectivity index (χ4v) is 3.29. The molecule has 0 aromatic carbocycles. The molecule has 118 valence electrons. The van der Waals surface area contributed by atoms with Crippen LogP contribution in [0.3, 0.4) is 0 Å². The number of aliphatic hydroxyl groups is 1. The Balaban J connectivity index is 1.79. The van der Waals surface area contributed by atoms with Gasteiger partial charge in [0.2, 0.25) is 0 Å². The van der Waals surface area contributed by atoms with Gasteiger partial charge in [-0.1, -0.05) is 0 Å². The van der Waals surface area contributed by atoms with Gasteiger partial charge in [0.25, 0.3) is 0 Å². The van der Waals surface area contributed by atoms with E-state index in [-0.39, 0.29) is 18.8 Å². The maximum absolute atomic E-state index is 9.69. The molecule has 0 spiro atoms. The van der Waals surface area contributed by atoms with Crippen molar-refractivity contribution in [2.75, 3.05) is 6.61 Å². The molecular formula is C16H16N4O3. The summed E-state index contributed by atoms with van der Waals surface area (Å²) in [5.74, 6) is 0.582. The Hall–Kier alpha value is -2.43. The molecule has 1 fully saturated rings. The summed E-state index contributed by atoms with van der Waals surface area (Å²) in [6, 6.07) is 4.03. The van der Waals surface area contributed by atoms with Gasteiger partial charge in [-0.05, 0) is 12.8 Å². The summed E-state index contributed by atoms with van der Waals surface area (Å²) < 4.78 is 13.4. The number of pyridine rings is 1. The molecule has 1 saturated heterocycles. The molecule has 1 aliphatic heterocycles. The number of fused-ring (bicyclic) bond motifs is 3. The third kappa shape index (κ3) is 2.27. The lowest BCUT2D eigenvalue weighted by molar-refractivity contribution is -0.00885. The highest BCUT2D eigenvalue weighted by Crippen LogP contribution is 2.33. The van der Waals surface area contributed by atoms with Gasteiger partial charge in [-0.25, -0.2) is 4.98 Å². The number of nitrogens with zero attached hydrogens (tertiary/aromatic N) is 4. The zero-order valence-electron chi connectivity index (χ0n) is 12.5. The number of imidazole rings is 1. The largest absolute Gasteiger partial charge is 0.460 e. The monoisotopic (exact) mass is 312 g/mol. The Morgan fingerprint density at radius 1 is 1.39 bits per heavy atom. The van der Waals surface area contributed by atoms with Crippen LogP contribution in [0, 0.1) is 11.3 Å². The molecule has 1 N–H and O–H groups in total. The van der Waals surface area contributed by atoms with Crippen LogP contribution in [0.1, 0.15) is 31.1 Å². The van der Waals surface area contributed by atoms with Gasteiger partial charge in [0.1, 0.15) is 29.0 Å². The average molecular weight is 312 g/mol. The van der Waals surface area contributed by atoms with Crippen LogP contribution in [-0.2, 0) is 11.3 Å². The average Bonchev–Trinajstić information content (AvgIpc) is 3.19. The molecule has 3 aromatic rings. The predicted molar refractivity (Wildman–Crippen MR) is 81.5 cm³/mol. The van der Waals surface area contributed by atoms with E-state index in [1.54, 1.807) is 12.5 Å². The van der Waals surface area contributed by atoms with E-state index in [1.807, 2.05) is 10.6 Å². The molecule has 23 heavy (non-hydrogen) atoms. The summed E-state index contributed by atoms with van der Waals surface area (Å²) in [7, 11) is 0. The highest BCUT2D eigenvalue weighted by atomic mass is 16.5. The van der Waals surface area contributed by atoms with E-state index >= 15 is 0 Å². The normalized spacial score (nSPS) is 21.7. The van der Waals surface area contributed by atoms with E-state index in [9.17, 15) is 5.11 Å². The summed E-state index contributed by atoms with van der Waals surface area (Å²) in [6.07, 6.45) is 5.40. The van der Waals surface area contributed by atoms with Crippen molar-refractivity contribution in [2.45, 2.75) is 38.0 Å². The van der Waals surface area contributed by atoms with Crippen LogP contribution >= 0.6 is 0 Å². The Labute approximate surface area is 132 Å². The van der Waals surface area contributed by atoms with Crippen molar-refractivity contribution in [1.29, 1.82) is 5.26 Å². The third-order valence-corrected chi connectivity index (χ3v) is 4.37. The van der Waals surface area contributed by atoms with E-state index in [4.69, 9.17) is 14.4 Å². The van der Waals surface area contributed by atoms with Gasteiger partial charge in [0.05, 0.1) is 43.7 Å². The molecule has 2 atom stereocenters. The Kier molecular flexibility index (Phi) is 3.48. The summed E-state index contributed by atoms with van der Waals surface area (Å²) in [6.45, 7) is 0.338. The van der Waals surface area contributed by atoms with Crippen molar-refractivity contribution in [2.24, 2.45) is 0 Å². The standard InChI is InChI=1S/C16H16N4O3/c17-5-3-11-2-1-10(9-23-11)20-14(8-21)19-13-7-18-12-4-6-22-16(12)15(13)20/h4,6-7,10-11,21H,1-3,8-9H2/t10-,11+/m0/s1. The fourth-order valence-electron chi connectivity index (χ4n) is 3.29. The van der Waals surface area contributed by atoms with Gasteiger partial charge in [0, 0.05) is 6.07 Å². The SMILES string of the molecule is N#CC[C@H]1CC[C@H](n2c(CO)nc3cnc4ccoc4c32)CO1. The molecule has 0 unspecified atom stereocenters. The van der Waals surface area contributed by atoms with Gasteiger partial charge in [-0.3, -0.25) is 4.98 Å². The van der Waals surface area contributed by atoms with E-state index in [1.165, 1.54) is 0 Å². The summed E-state index contributed by atoms with van der Waals surface area (Å²) in [5, 5.41) is 18.5. The highest BCUT2D eigenvalue weighted by Gasteiger charge is 2.27. The van der Waals surface area contributed by atoms with E-state index < -0.39 is 0 Å². The maximum Gasteiger partial charge on any atom is 0.178 e. The molecule has 7 heteroatoms. The van der Waals surface area contributed by atoms with Crippen molar-refractivity contribution < 1.29 is 14.3 Å². The number of nitriles is 1. The lowest BCUT2D eigenvalue weighted by Gasteiger charge is -2.30. The first-order valence-electron chi connectivity index (χ1n) is 7.64. The van der Waals surface area contributed by atoms with Crippen LogP contribution in [0.5, 0.6) is 0 Å². The molecule has 4 heterocycles. The molecule has 0 aliphatic carbocycles. The molecule has 7 nitrogen and oxygen atoms in total. The second kappa shape index (κ2) is 5.65. The topological polar surface area (TPSA) is 97.1 Å². The van der Waals surface area contributed by atoms with Crippen LogP contribution in [-0.4, -0.2) is 32.4 Å². The Morgan fingerprint density at radius 3 is 3.04 bits per heavy atom. The molecular weight excluding hydrogens is 296 g/mol. The lowest BCUT2D eigenvalue weighted by atomic mass is 10.0. The van der Waals surface area contributed by atoms with Gasteiger partial charge in [-0.15, -0.1) is 0 Å². The number of aromatic nitrogens is 3. The minimum atomic E-state index is -0.158. The van der Waals surface area contributed by atoms with Crippen molar-refractivity contribution in [3.05, 3.63) is 24.4 Å². The van der Waals surface area contributed by atoms with Crippen molar-refractivity contribution in [1.82, 2.24) is 14.5 Å². The number of furan rings is 1. The van der Waals surface area contributed by atoms with Gasteiger partial charge < -0.3 is 18.8 Å². The first-order valence-corrected chi connectivity index (χ1v) is 7.64. The predicted octanol–water partition coefficient (Wildman–Crippen LogP) is 2.30. The van der Waals surface area contributed by atoms with Crippen LogP contribution < -0.4 is 0 Å². The molecule has 4 rings (SSSR count). The summed E-state index contributed by atoms with van der Waals surface area (Å²) in [4.78, 5) is 8.80. The number of ether oxygens (including phenoxy) is 1. The zero-order chi connectivity index (χ0) is 15.8. The van der Waals surface area contributed by atoms with Crippen LogP contribution in [0.2, 0.25) is 0 Å². The molecule has 3 aromatic heterocycles. The minimum Gasteiger partial charge on any atom is -0.460 e. The van der Waals surface area contributed by atoms with Gasteiger partial charge in [0.15, 0.2) is 5.58 Å². The number of hydrogen-bond acceptors (Lipinski definition) is 6. The molecule has 1 aliphatic rings. The van der Waals surface area contributed by atoms with Crippen LogP contribution in [0.15, 0.2) is 22.9 Å². The van der Waals surface area contributed by atoms with Gasteiger partial charge in [-0.2, -0.15) is 5.26 Å². The van der Waals surface area contributed by atoms with E-state index in [0.29, 0.717) is 30.0 Å². The Morgan fingerprint density at radius 2 is 2.30 bits per heavy atom. The molecule has 0 saturated carbocycles. The number of aliphatic hydroxyl groups excluding tert-OH is 1. The van der Waals surface area contributed by atoms with Crippen molar-refractivity contribution in [3.8, 4) is 6.07 Å². The quantitative estimate of drug-likeness (QED) is 0.797. The summed E-state index contributed by atoms with van der Waals surface area (Å²) in [5.41, 5.74) is 2.99. The second-order valence-corrected chi connectivity index (χ2v) is 5.73. The van der Waals surface area contributed by atoms with Crippen LogP contribution in [0.4, 0.5) is 0 Å². The first kappa shape index (κ1) is 14.2. The maximum atomic E-state index is 9.69. The van der Waals surface area contributed by atoms with Gasteiger partial charge >= 0.3 is 0 Å². The Bertz CT molecular complexity index is 884. The van der Waals surface area contributed by atoms with Crippen LogP contribution in [0.25, 0.3) is 22.1 Å². The molecule has 0 amide bonds. The fraction of sp³-hybridized carbons (Fsp3) is 0.438. The van der Waals surface area contributed by atoms with E-state index in [2.05, 4.69) is 16.0 Å². The lowest BCUT2D eigenvalue weighted by Crippen LogP contribution is -2.28. The van der Waals surface area contributed by atoms with Crippen molar-refractivity contribution >= 4 is 22.1 Å². The molecule has 0 radical (unpaired) electrons. The smallest absolute Gasteiger partial charge is 0.178 e. The number of rotatable bonds is 3.